The number of pyridine rings is 1. The number of methoxy groups -OCH3 is 1. The Morgan fingerprint density at radius 2 is 2.03 bits per heavy atom. The van der Waals surface area contributed by atoms with Crippen molar-refractivity contribution in [3.63, 3.8) is 0 Å². The molecule has 2 aromatic rings. The number of likely N-dealkylation sites (tertiary alicyclic amines) is 1. The molecule has 1 aliphatic heterocycles. The van der Waals surface area contributed by atoms with Crippen LogP contribution < -0.4 is 0 Å². The number of aromatic amines is 1. The zero-order valence-electron chi connectivity index (χ0n) is 18.2. The van der Waals surface area contributed by atoms with Gasteiger partial charge in [0.1, 0.15) is 11.5 Å². The number of hydrogen-bond donors (Lipinski definition) is 2. The van der Waals surface area contributed by atoms with Crippen LogP contribution in [0.4, 0.5) is 0 Å². The van der Waals surface area contributed by atoms with E-state index in [1.165, 1.54) is 12.0 Å². The predicted octanol–water partition coefficient (Wildman–Crippen LogP) is 1.80. The van der Waals surface area contributed by atoms with Crippen LogP contribution in [0.1, 0.15) is 38.9 Å². The Labute approximate surface area is 180 Å². The molecular formula is C22H26N4O5. The highest BCUT2D eigenvalue weighted by Crippen LogP contribution is 2.40. The molecule has 1 atom stereocenters. The topological polar surface area (TPSA) is 116 Å². The zero-order chi connectivity index (χ0) is 22.9. The molecule has 9 nitrogen and oxygen atoms in total. The fourth-order valence-electron chi connectivity index (χ4n) is 3.85. The van der Waals surface area contributed by atoms with Gasteiger partial charge in [0, 0.05) is 36.7 Å². The van der Waals surface area contributed by atoms with Gasteiger partial charge in [-0.15, -0.1) is 0 Å². The molecule has 0 bridgehead atoms. The molecule has 164 valence electrons. The number of H-pyrrole nitrogens is 1. The van der Waals surface area contributed by atoms with Crippen LogP contribution in [0.3, 0.4) is 0 Å². The van der Waals surface area contributed by atoms with Crippen molar-refractivity contribution in [3.8, 4) is 0 Å². The minimum absolute atomic E-state index is 0.0293. The van der Waals surface area contributed by atoms with E-state index in [2.05, 4.69) is 9.97 Å². The van der Waals surface area contributed by atoms with Crippen molar-refractivity contribution >= 4 is 23.4 Å². The SMILES string of the molecule is COC(=O)c1[nH]c(C)c(/C(O)=C2\C(=O)C(=O)N(CCN(C)C)[C@@H]2c2cccnc2)c1C. The van der Waals surface area contributed by atoms with E-state index < -0.39 is 23.7 Å². The van der Waals surface area contributed by atoms with Gasteiger partial charge in [-0.25, -0.2) is 4.79 Å². The number of amides is 1. The maximum Gasteiger partial charge on any atom is 0.354 e. The summed E-state index contributed by atoms with van der Waals surface area (Å²) in [6.45, 7) is 4.16. The first kappa shape index (κ1) is 22.2. The lowest BCUT2D eigenvalue weighted by Gasteiger charge is -2.26. The summed E-state index contributed by atoms with van der Waals surface area (Å²) in [5.41, 5.74) is 1.99. The van der Waals surface area contributed by atoms with Crippen LogP contribution in [-0.4, -0.2) is 76.8 Å². The Kier molecular flexibility index (Phi) is 6.26. The van der Waals surface area contributed by atoms with E-state index in [1.807, 2.05) is 19.0 Å². The van der Waals surface area contributed by atoms with Gasteiger partial charge in [0.2, 0.25) is 0 Å². The number of aryl methyl sites for hydroxylation is 1. The van der Waals surface area contributed by atoms with E-state index in [0.717, 1.165) is 0 Å². The van der Waals surface area contributed by atoms with Crippen molar-refractivity contribution < 1.29 is 24.2 Å². The number of hydrogen-bond acceptors (Lipinski definition) is 7. The molecule has 0 aromatic carbocycles. The van der Waals surface area contributed by atoms with Crippen molar-refractivity contribution in [2.45, 2.75) is 19.9 Å². The summed E-state index contributed by atoms with van der Waals surface area (Å²) < 4.78 is 4.78. The predicted molar refractivity (Wildman–Crippen MR) is 113 cm³/mol. The highest BCUT2D eigenvalue weighted by atomic mass is 16.5. The maximum atomic E-state index is 13.0. The molecule has 2 aromatic heterocycles. The molecule has 0 radical (unpaired) electrons. The number of ketones is 1. The van der Waals surface area contributed by atoms with Crippen molar-refractivity contribution in [2.75, 3.05) is 34.3 Å². The number of aliphatic hydroxyl groups is 1. The van der Waals surface area contributed by atoms with Gasteiger partial charge in [0.15, 0.2) is 0 Å². The first-order chi connectivity index (χ1) is 14.7. The Balaban J connectivity index is 2.20. The minimum atomic E-state index is -0.788. The van der Waals surface area contributed by atoms with Gasteiger partial charge in [-0.05, 0) is 45.1 Å². The van der Waals surface area contributed by atoms with Crippen molar-refractivity contribution in [1.82, 2.24) is 19.8 Å². The summed E-state index contributed by atoms with van der Waals surface area (Å²) in [5.74, 6) is -2.38. The van der Waals surface area contributed by atoms with Gasteiger partial charge < -0.3 is 24.6 Å². The van der Waals surface area contributed by atoms with E-state index in [4.69, 9.17) is 4.74 Å². The number of nitrogens with one attached hydrogen (secondary N) is 1. The number of ether oxygens (including phenoxy) is 1. The van der Waals surface area contributed by atoms with Gasteiger partial charge in [-0.3, -0.25) is 14.6 Å². The fraction of sp³-hybridized carbons (Fsp3) is 0.364. The highest BCUT2D eigenvalue weighted by Gasteiger charge is 2.46. The fourth-order valence-corrected chi connectivity index (χ4v) is 3.85. The van der Waals surface area contributed by atoms with Crippen LogP contribution in [0.2, 0.25) is 0 Å². The summed E-state index contributed by atoms with van der Waals surface area (Å²) in [7, 11) is 5.00. The Bertz CT molecular complexity index is 1060. The van der Waals surface area contributed by atoms with Crippen molar-refractivity contribution in [2.24, 2.45) is 0 Å². The number of carbonyl (C=O) groups excluding carboxylic acids is 3. The van der Waals surface area contributed by atoms with E-state index in [9.17, 15) is 19.5 Å². The Morgan fingerprint density at radius 3 is 2.61 bits per heavy atom. The quantitative estimate of drug-likeness (QED) is 0.313. The Hall–Kier alpha value is -3.46. The standard InChI is InChI=1S/C22H26N4O5/c1-12-15(13(2)24-17(12)22(30)31-5)19(27)16-18(14-7-6-8-23-11-14)26(10-9-25(3)4)21(29)20(16)28/h6-8,11,18,24,27H,9-10H2,1-5H3/b19-16+/t18-/m1/s1. The van der Waals surface area contributed by atoms with Crippen molar-refractivity contribution in [1.29, 1.82) is 0 Å². The summed E-state index contributed by atoms with van der Waals surface area (Å²) in [6.07, 6.45) is 3.17. The number of likely N-dealkylation sites (N-methyl/N-ethyl adjacent to an activating group) is 1. The molecule has 9 heteroatoms. The number of carbonyl (C=O) groups is 3. The van der Waals surface area contributed by atoms with Gasteiger partial charge >= 0.3 is 5.97 Å². The molecule has 1 fully saturated rings. The molecule has 3 heterocycles. The smallest absolute Gasteiger partial charge is 0.354 e. The molecule has 1 aliphatic rings. The van der Waals surface area contributed by atoms with Crippen molar-refractivity contribution in [3.05, 3.63) is 58.2 Å². The van der Waals surface area contributed by atoms with Crippen LogP contribution >= 0.6 is 0 Å². The zero-order valence-corrected chi connectivity index (χ0v) is 18.2. The number of aromatic nitrogens is 2. The first-order valence-corrected chi connectivity index (χ1v) is 9.79. The van der Waals surface area contributed by atoms with Gasteiger partial charge in [0.25, 0.3) is 11.7 Å². The minimum Gasteiger partial charge on any atom is -0.507 e. The number of nitrogens with zero attached hydrogens (tertiary/aromatic N) is 3. The summed E-state index contributed by atoms with van der Waals surface area (Å²) in [6, 6.07) is 2.68. The average Bonchev–Trinajstić information content (AvgIpc) is 3.18. The van der Waals surface area contributed by atoms with E-state index in [1.54, 1.807) is 38.4 Å². The lowest BCUT2D eigenvalue weighted by molar-refractivity contribution is -0.140. The number of aliphatic hydroxyl groups excluding tert-OH is 1. The number of esters is 1. The van der Waals surface area contributed by atoms with E-state index in [-0.39, 0.29) is 17.0 Å². The van der Waals surface area contributed by atoms with Crippen LogP contribution in [0.25, 0.3) is 5.76 Å². The number of rotatable bonds is 6. The first-order valence-electron chi connectivity index (χ1n) is 9.79. The van der Waals surface area contributed by atoms with E-state index in [0.29, 0.717) is 35.5 Å². The second-order valence-corrected chi connectivity index (χ2v) is 7.70. The second kappa shape index (κ2) is 8.73. The van der Waals surface area contributed by atoms with Crippen LogP contribution in [0.5, 0.6) is 0 Å². The van der Waals surface area contributed by atoms with Crippen LogP contribution in [0.15, 0.2) is 30.1 Å². The summed E-state index contributed by atoms with van der Waals surface area (Å²) >= 11 is 0. The average molecular weight is 426 g/mol. The third kappa shape index (κ3) is 3.96. The molecule has 2 N–H and O–H groups in total. The lowest BCUT2D eigenvalue weighted by Crippen LogP contribution is -2.35. The molecule has 0 aliphatic carbocycles. The molecule has 0 unspecified atom stereocenters. The lowest BCUT2D eigenvalue weighted by atomic mass is 9.95. The number of Topliss-reactive ketones (excluding diaryl/α,β-unsaturated/α-hetero) is 1. The van der Waals surface area contributed by atoms with Crippen LogP contribution in [0, 0.1) is 13.8 Å². The third-order valence-electron chi connectivity index (χ3n) is 5.39. The van der Waals surface area contributed by atoms with Crippen LogP contribution in [-0.2, 0) is 14.3 Å². The molecule has 0 spiro atoms. The normalized spacial score (nSPS) is 18.1. The van der Waals surface area contributed by atoms with E-state index >= 15 is 0 Å². The largest absolute Gasteiger partial charge is 0.507 e. The van der Waals surface area contributed by atoms with Gasteiger partial charge in [0.05, 0.1) is 18.7 Å². The van der Waals surface area contributed by atoms with Gasteiger partial charge in [-0.2, -0.15) is 0 Å². The van der Waals surface area contributed by atoms with Gasteiger partial charge in [-0.1, -0.05) is 6.07 Å². The highest BCUT2D eigenvalue weighted by molar-refractivity contribution is 6.46. The third-order valence-corrected chi connectivity index (χ3v) is 5.39. The molecule has 31 heavy (non-hydrogen) atoms. The molecule has 1 saturated heterocycles. The molecule has 0 saturated carbocycles. The molecule has 3 rings (SSSR count). The Morgan fingerprint density at radius 1 is 1.32 bits per heavy atom. The monoisotopic (exact) mass is 426 g/mol. The molecule has 1 amide bonds. The second-order valence-electron chi connectivity index (χ2n) is 7.70. The summed E-state index contributed by atoms with van der Waals surface area (Å²) in [4.78, 5) is 48.3. The summed E-state index contributed by atoms with van der Waals surface area (Å²) in [5, 5.41) is 11.2. The maximum absolute atomic E-state index is 13.0. The molecular weight excluding hydrogens is 400 g/mol.